The van der Waals surface area contributed by atoms with Gasteiger partial charge in [-0.2, -0.15) is 0 Å². The Balaban J connectivity index is 2.56. The third kappa shape index (κ3) is 5.26. The van der Waals surface area contributed by atoms with Crippen molar-refractivity contribution in [2.24, 2.45) is 0 Å². The van der Waals surface area contributed by atoms with Crippen molar-refractivity contribution in [3.8, 4) is 0 Å². The van der Waals surface area contributed by atoms with Gasteiger partial charge in [0.15, 0.2) is 0 Å². The molecule has 6 nitrogen and oxygen atoms in total. The van der Waals surface area contributed by atoms with Gasteiger partial charge in [-0.15, -0.1) is 0 Å². The molecule has 1 heterocycles. The molecule has 0 bridgehead atoms. The number of aliphatic hydroxyl groups excluding tert-OH is 2. The van der Waals surface area contributed by atoms with Crippen LogP contribution in [0.15, 0.2) is 0 Å². The predicted molar refractivity (Wildman–Crippen MR) is 76.6 cm³/mol. The van der Waals surface area contributed by atoms with Gasteiger partial charge >= 0.3 is 6.09 Å². The second-order valence-electron chi connectivity index (χ2n) is 6.32. The second-order valence-corrected chi connectivity index (χ2v) is 6.32. The lowest BCUT2D eigenvalue weighted by Gasteiger charge is -2.41. The zero-order valence-electron chi connectivity index (χ0n) is 13.0. The fraction of sp³-hybridized carbons (Fsp3) is 0.929. The van der Waals surface area contributed by atoms with E-state index in [0.717, 1.165) is 0 Å². The Morgan fingerprint density at radius 3 is 2.55 bits per heavy atom. The first kappa shape index (κ1) is 17.2. The average molecular weight is 288 g/mol. The highest BCUT2D eigenvalue weighted by atomic mass is 16.6. The first-order valence-electron chi connectivity index (χ1n) is 7.27. The van der Waals surface area contributed by atoms with E-state index in [1.807, 2.05) is 32.6 Å². The molecule has 118 valence electrons. The lowest BCUT2D eigenvalue weighted by molar-refractivity contribution is -0.0147. The molecule has 0 saturated carbocycles. The summed E-state index contributed by atoms with van der Waals surface area (Å²) in [6.07, 6.45) is -0.0477. The summed E-state index contributed by atoms with van der Waals surface area (Å²) in [6, 6.07) is -0.141. The number of piperazine rings is 1. The Morgan fingerprint density at radius 2 is 2.05 bits per heavy atom. The number of β-amino-alcohol motifs (C(OH)–C–C–N with tert-alkyl or cyclic N) is 1. The predicted octanol–water partition coefficient (Wildman–Crippen LogP) is 0.671. The molecule has 0 aliphatic carbocycles. The van der Waals surface area contributed by atoms with Crippen LogP contribution in [0.5, 0.6) is 0 Å². The summed E-state index contributed by atoms with van der Waals surface area (Å²) in [5.41, 5.74) is -0.513. The molecule has 2 N–H and O–H groups in total. The Bertz CT molecular complexity index is 317. The van der Waals surface area contributed by atoms with Gasteiger partial charge in [-0.1, -0.05) is 6.92 Å². The summed E-state index contributed by atoms with van der Waals surface area (Å²) >= 11 is 0. The molecule has 2 atom stereocenters. The molecule has 1 saturated heterocycles. The van der Waals surface area contributed by atoms with Crippen LogP contribution in [0.4, 0.5) is 4.79 Å². The molecular weight excluding hydrogens is 260 g/mol. The summed E-state index contributed by atoms with van der Waals surface area (Å²) in [5.74, 6) is 0. The van der Waals surface area contributed by atoms with Crippen LogP contribution < -0.4 is 0 Å². The van der Waals surface area contributed by atoms with Crippen LogP contribution >= 0.6 is 0 Å². The van der Waals surface area contributed by atoms with Crippen LogP contribution in [0.2, 0.25) is 0 Å². The molecule has 20 heavy (non-hydrogen) atoms. The summed E-state index contributed by atoms with van der Waals surface area (Å²) in [5, 5.41) is 19.2. The van der Waals surface area contributed by atoms with Gasteiger partial charge in [0.05, 0.1) is 18.8 Å². The standard InChI is InChI=1S/C14H28N2O4/c1-5-12(18)9-15-6-7-16(8-11(15)10-17)13(19)20-14(2,3)4/h11-12,17-18H,5-10H2,1-4H3/t11-,12+/m0/s1. The van der Waals surface area contributed by atoms with Crippen molar-refractivity contribution in [3.63, 3.8) is 0 Å². The number of aliphatic hydroxyl groups is 2. The number of nitrogens with zero attached hydrogens (tertiary/aromatic N) is 2. The van der Waals surface area contributed by atoms with Crippen molar-refractivity contribution in [3.05, 3.63) is 0 Å². The summed E-state index contributed by atoms with van der Waals surface area (Å²) in [4.78, 5) is 15.7. The van der Waals surface area contributed by atoms with Crippen LogP contribution in [0.1, 0.15) is 34.1 Å². The van der Waals surface area contributed by atoms with E-state index in [2.05, 4.69) is 0 Å². The molecule has 1 rings (SSSR count). The number of carbonyl (C=O) groups excluding carboxylic acids is 1. The monoisotopic (exact) mass is 288 g/mol. The third-order valence-corrected chi connectivity index (χ3v) is 3.38. The maximum Gasteiger partial charge on any atom is 0.410 e. The molecule has 0 aromatic carbocycles. The van der Waals surface area contributed by atoms with Crippen LogP contribution in [0.25, 0.3) is 0 Å². The average Bonchev–Trinajstić information content (AvgIpc) is 2.36. The number of hydrogen-bond donors (Lipinski definition) is 2. The van der Waals surface area contributed by atoms with E-state index in [-0.39, 0.29) is 18.7 Å². The summed E-state index contributed by atoms with van der Waals surface area (Å²) < 4.78 is 5.34. The van der Waals surface area contributed by atoms with E-state index >= 15 is 0 Å². The second kappa shape index (κ2) is 7.24. The minimum absolute atomic E-state index is 0.0320. The fourth-order valence-electron chi connectivity index (χ4n) is 2.20. The summed E-state index contributed by atoms with van der Waals surface area (Å²) in [7, 11) is 0. The largest absolute Gasteiger partial charge is 0.444 e. The normalized spacial score (nSPS) is 22.7. The Hall–Kier alpha value is -0.850. The molecule has 1 fully saturated rings. The topological polar surface area (TPSA) is 73.2 Å². The van der Waals surface area contributed by atoms with Crippen molar-refractivity contribution < 1.29 is 19.7 Å². The highest BCUT2D eigenvalue weighted by molar-refractivity contribution is 5.68. The van der Waals surface area contributed by atoms with Gasteiger partial charge in [-0.3, -0.25) is 4.90 Å². The van der Waals surface area contributed by atoms with Crippen molar-refractivity contribution in [2.45, 2.75) is 51.9 Å². The minimum atomic E-state index is -0.513. The Labute approximate surface area is 121 Å². The number of amides is 1. The number of ether oxygens (including phenoxy) is 1. The van der Waals surface area contributed by atoms with Gasteiger partial charge in [0, 0.05) is 26.2 Å². The smallest absolute Gasteiger partial charge is 0.410 e. The molecule has 1 amide bonds. The first-order valence-corrected chi connectivity index (χ1v) is 7.27. The van der Waals surface area contributed by atoms with Gasteiger partial charge in [0.1, 0.15) is 5.60 Å². The van der Waals surface area contributed by atoms with Gasteiger partial charge in [0.2, 0.25) is 0 Å². The van der Waals surface area contributed by atoms with Crippen LogP contribution in [0, 0.1) is 0 Å². The fourth-order valence-corrected chi connectivity index (χ4v) is 2.20. The van der Waals surface area contributed by atoms with E-state index in [1.54, 1.807) is 4.90 Å². The third-order valence-electron chi connectivity index (χ3n) is 3.38. The molecule has 0 spiro atoms. The number of rotatable bonds is 4. The minimum Gasteiger partial charge on any atom is -0.444 e. The van der Waals surface area contributed by atoms with Gasteiger partial charge in [-0.25, -0.2) is 4.79 Å². The molecule has 0 radical (unpaired) electrons. The Kier molecular flexibility index (Phi) is 6.23. The molecular formula is C14H28N2O4. The van der Waals surface area contributed by atoms with E-state index in [9.17, 15) is 15.0 Å². The molecule has 0 aromatic heterocycles. The van der Waals surface area contributed by atoms with Crippen molar-refractivity contribution in [2.75, 3.05) is 32.8 Å². The van der Waals surface area contributed by atoms with Crippen molar-refractivity contribution in [1.82, 2.24) is 9.80 Å². The van der Waals surface area contributed by atoms with Gasteiger partial charge in [-0.05, 0) is 27.2 Å². The van der Waals surface area contributed by atoms with E-state index in [0.29, 0.717) is 32.6 Å². The maximum absolute atomic E-state index is 12.0. The number of carbonyl (C=O) groups is 1. The highest BCUT2D eigenvalue weighted by Gasteiger charge is 2.32. The maximum atomic E-state index is 12.0. The first-order chi connectivity index (χ1) is 9.26. The molecule has 0 unspecified atom stereocenters. The quantitative estimate of drug-likeness (QED) is 0.795. The van der Waals surface area contributed by atoms with Crippen LogP contribution in [0.3, 0.4) is 0 Å². The lowest BCUT2D eigenvalue weighted by Crippen LogP contribution is -2.58. The number of hydrogen-bond acceptors (Lipinski definition) is 5. The SMILES string of the molecule is CC[C@@H](O)CN1CCN(C(=O)OC(C)(C)C)C[C@H]1CO. The molecule has 0 aromatic rings. The highest BCUT2D eigenvalue weighted by Crippen LogP contribution is 2.15. The zero-order valence-corrected chi connectivity index (χ0v) is 13.0. The molecule has 1 aliphatic heterocycles. The van der Waals surface area contributed by atoms with Crippen molar-refractivity contribution >= 4 is 6.09 Å². The Morgan fingerprint density at radius 1 is 1.40 bits per heavy atom. The van der Waals surface area contributed by atoms with E-state index in [4.69, 9.17) is 4.74 Å². The van der Waals surface area contributed by atoms with Gasteiger partial charge < -0.3 is 19.8 Å². The van der Waals surface area contributed by atoms with Crippen LogP contribution in [-0.2, 0) is 4.74 Å². The van der Waals surface area contributed by atoms with Gasteiger partial charge in [0.25, 0.3) is 0 Å². The zero-order chi connectivity index (χ0) is 15.3. The molecule has 1 aliphatic rings. The van der Waals surface area contributed by atoms with Crippen molar-refractivity contribution in [1.29, 1.82) is 0 Å². The van der Waals surface area contributed by atoms with Crippen LogP contribution in [-0.4, -0.2) is 76.6 Å². The summed E-state index contributed by atoms with van der Waals surface area (Å²) in [6.45, 7) is 9.56. The van der Waals surface area contributed by atoms with E-state index < -0.39 is 11.7 Å². The van der Waals surface area contributed by atoms with E-state index in [1.165, 1.54) is 0 Å². The molecule has 6 heteroatoms. The lowest BCUT2D eigenvalue weighted by atomic mass is 10.1.